The minimum Gasteiger partial charge on any atom is -0.449 e. The van der Waals surface area contributed by atoms with Gasteiger partial charge in [0.2, 0.25) is 0 Å². The minimum atomic E-state index is -0.334. The van der Waals surface area contributed by atoms with Crippen LogP contribution in [0.15, 0.2) is 63.9 Å². The van der Waals surface area contributed by atoms with Gasteiger partial charge in [0.15, 0.2) is 23.5 Å². The summed E-state index contributed by atoms with van der Waals surface area (Å²) in [7, 11) is 0. The van der Waals surface area contributed by atoms with Gasteiger partial charge in [0.25, 0.3) is 5.91 Å². The second kappa shape index (κ2) is 6.11. The highest BCUT2D eigenvalue weighted by Gasteiger charge is 2.19. The SMILES string of the molecule is Cc1c(C(=O)Nc2cccc(-c3cnco3)c2)oc2c(Cl)cccc12. The molecule has 0 atom stereocenters. The molecule has 0 aliphatic rings. The van der Waals surface area contributed by atoms with Gasteiger partial charge < -0.3 is 14.2 Å². The number of carbonyl (C=O) groups excluding carboxylic acids is 1. The number of benzene rings is 2. The average Bonchev–Trinajstić information content (AvgIpc) is 3.25. The van der Waals surface area contributed by atoms with Crippen molar-refractivity contribution in [3.05, 3.63) is 71.4 Å². The van der Waals surface area contributed by atoms with E-state index in [2.05, 4.69) is 10.3 Å². The van der Waals surface area contributed by atoms with E-state index in [0.717, 1.165) is 16.5 Å². The Morgan fingerprint density at radius 1 is 1.20 bits per heavy atom. The summed E-state index contributed by atoms with van der Waals surface area (Å²) >= 11 is 6.14. The molecule has 0 bridgehead atoms. The summed E-state index contributed by atoms with van der Waals surface area (Å²) in [6.07, 6.45) is 2.98. The maximum absolute atomic E-state index is 12.6. The number of fused-ring (bicyclic) bond motifs is 1. The fourth-order valence-electron chi connectivity index (χ4n) is 2.72. The summed E-state index contributed by atoms with van der Waals surface area (Å²) in [5.74, 6) is 0.537. The zero-order valence-corrected chi connectivity index (χ0v) is 14.0. The van der Waals surface area contributed by atoms with Crippen LogP contribution in [0.3, 0.4) is 0 Å². The maximum Gasteiger partial charge on any atom is 0.291 e. The Labute approximate surface area is 148 Å². The monoisotopic (exact) mass is 352 g/mol. The minimum absolute atomic E-state index is 0.244. The number of aryl methyl sites for hydroxylation is 1. The molecule has 4 aromatic rings. The van der Waals surface area contributed by atoms with Crippen molar-refractivity contribution in [3.63, 3.8) is 0 Å². The predicted molar refractivity (Wildman–Crippen MR) is 95.9 cm³/mol. The number of halogens is 1. The predicted octanol–water partition coefficient (Wildman–Crippen LogP) is 5.30. The quantitative estimate of drug-likeness (QED) is 0.543. The van der Waals surface area contributed by atoms with Gasteiger partial charge in [-0.1, -0.05) is 35.9 Å². The molecular weight excluding hydrogens is 340 g/mol. The van der Waals surface area contributed by atoms with Gasteiger partial charge in [-0.2, -0.15) is 0 Å². The van der Waals surface area contributed by atoms with E-state index in [0.29, 0.717) is 22.1 Å². The highest BCUT2D eigenvalue weighted by atomic mass is 35.5. The van der Waals surface area contributed by atoms with Crippen LogP contribution in [0.1, 0.15) is 16.1 Å². The molecule has 4 rings (SSSR count). The molecule has 5 nitrogen and oxygen atoms in total. The molecule has 0 spiro atoms. The molecule has 25 heavy (non-hydrogen) atoms. The lowest BCUT2D eigenvalue weighted by Gasteiger charge is -2.05. The van der Waals surface area contributed by atoms with Crippen molar-refractivity contribution in [1.82, 2.24) is 4.98 Å². The Morgan fingerprint density at radius 2 is 2.04 bits per heavy atom. The first-order chi connectivity index (χ1) is 12.1. The van der Waals surface area contributed by atoms with Gasteiger partial charge in [-0.15, -0.1) is 0 Å². The van der Waals surface area contributed by atoms with Crippen molar-refractivity contribution in [1.29, 1.82) is 0 Å². The van der Waals surface area contributed by atoms with Crippen LogP contribution < -0.4 is 5.32 Å². The van der Waals surface area contributed by atoms with E-state index in [9.17, 15) is 4.79 Å². The summed E-state index contributed by atoms with van der Waals surface area (Å²) in [6.45, 7) is 1.84. The molecular formula is C19H13ClN2O3. The number of furan rings is 1. The topological polar surface area (TPSA) is 68.3 Å². The van der Waals surface area contributed by atoms with Crippen molar-refractivity contribution >= 4 is 34.2 Å². The number of oxazole rings is 1. The molecule has 0 aliphatic carbocycles. The number of rotatable bonds is 3. The summed E-state index contributed by atoms with van der Waals surface area (Å²) in [5.41, 5.74) is 2.72. The van der Waals surface area contributed by atoms with Gasteiger partial charge in [0, 0.05) is 22.2 Å². The number of carbonyl (C=O) groups is 1. The van der Waals surface area contributed by atoms with Crippen LogP contribution in [-0.4, -0.2) is 10.9 Å². The number of nitrogens with zero attached hydrogens (tertiary/aromatic N) is 1. The Morgan fingerprint density at radius 3 is 2.80 bits per heavy atom. The van der Waals surface area contributed by atoms with Crippen LogP contribution in [-0.2, 0) is 0 Å². The summed E-state index contributed by atoms with van der Waals surface area (Å²) < 4.78 is 11.0. The van der Waals surface area contributed by atoms with Crippen LogP contribution >= 0.6 is 11.6 Å². The van der Waals surface area contributed by atoms with E-state index >= 15 is 0 Å². The number of aromatic nitrogens is 1. The van der Waals surface area contributed by atoms with Gasteiger partial charge >= 0.3 is 0 Å². The molecule has 1 amide bonds. The molecule has 0 saturated carbocycles. The number of anilines is 1. The van der Waals surface area contributed by atoms with Crippen molar-refractivity contribution in [2.75, 3.05) is 5.32 Å². The normalized spacial score (nSPS) is 11.0. The van der Waals surface area contributed by atoms with Gasteiger partial charge in [0.05, 0.1) is 11.2 Å². The van der Waals surface area contributed by atoms with Crippen molar-refractivity contribution < 1.29 is 13.6 Å². The van der Waals surface area contributed by atoms with Crippen LogP contribution in [0.5, 0.6) is 0 Å². The molecule has 0 saturated heterocycles. The summed E-state index contributed by atoms with van der Waals surface area (Å²) in [5, 5.41) is 4.15. The Kier molecular flexibility index (Phi) is 3.78. The molecule has 0 unspecified atom stereocenters. The molecule has 1 N–H and O–H groups in total. The number of hydrogen-bond donors (Lipinski definition) is 1. The zero-order chi connectivity index (χ0) is 17.4. The molecule has 2 heterocycles. The molecule has 2 aromatic carbocycles. The second-order valence-electron chi connectivity index (χ2n) is 5.57. The number of nitrogens with one attached hydrogen (secondary N) is 1. The zero-order valence-electron chi connectivity index (χ0n) is 13.2. The van der Waals surface area contributed by atoms with Crippen molar-refractivity contribution in [2.45, 2.75) is 6.92 Å². The molecule has 0 radical (unpaired) electrons. The third-order valence-corrected chi connectivity index (χ3v) is 4.26. The smallest absolute Gasteiger partial charge is 0.291 e. The molecule has 6 heteroatoms. The third-order valence-electron chi connectivity index (χ3n) is 3.96. The second-order valence-corrected chi connectivity index (χ2v) is 5.98. The first kappa shape index (κ1) is 15.5. The lowest BCUT2D eigenvalue weighted by atomic mass is 10.1. The first-order valence-electron chi connectivity index (χ1n) is 7.61. The highest BCUT2D eigenvalue weighted by Crippen LogP contribution is 2.31. The average molecular weight is 353 g/mol. The summed E-state index contributed by atoms with van der Waals surface area (Å²) in [4.78, 5) is 16.5. The number of para-hydroxylation sites is 1. The van der Waals surface area contributed by atoms with E-state index in [1.54, 1.807) is 18.3 Å². The fourth-order valence-corrected chi connectivity index (χ4v) is 2.93. The van der Waals surface area contributed by atoms with E-state index in [4.69, 9.17) is 20.4 Å². The first-order valence-corrected chi connectivity index (χ1v) is 7.99. The third kappa shape index (κ3) is 2.79. The van der Waals surface area contributed by atoms with Crippen LogP contribution in [0.2, 0.25) is 5.02 Å². The molecule has 124 valence electrons. The lowest BCUT2D eigenvalue weighted by Crippen LogP contribution is -2.12. The van der Waals surface area contributed by atoms with Crippen molar-refractivity contribution in [2.24, 2.45) is 0 Å². The lowest BCUT2D eigenvalue weighted by molar-refractivity contribution is 0.0998. The number of amides is 1. The Hall–Kier alpha value is -3.05. The van der Waals surface area contributed by atoms with E-state index < -0.39 is 0 Å². The Balaban J connectivity index is 1.66. The van der Waals surface area contributed by atoms with E-state index in [1.165, 1.54) is 6.39 Å². The standard InChI is InChI=1S/C19H13ClN2O3/c1-11-14-6-3-7-15(20)18(14)25-17(11)19(23)22-13-5-2-4-12(8-13)16-9-21-10-24-16/h2-10H,1H3,(H,22,23). The van der Waals surface area contributed by atoms with Crippen molar-refractivity contribution in [3.8, 4) is 11.3 Å². The summed E-state index contributed by atoms with van der Waals surface area (Å²) in [6, 6.07) is 12.7. The van der Waals surface area contributed by atoms with Crippen LogP contribution in [0, 0.1) is 6.92 Å². The largest absolute Gasteiger partial charge is 0.449 e. The molecule has 0 aliphatic heterocycles. The highest BCUT2D eigenvalue weighted by molar-refractivity contribution is 6.35. The van der Waals surface area contributed by atoms with Gasteiger partial charge in [0.1, 0.15) is 0 Å². The van der Waals surface area contributed by atoms with Gasteiger partial charge in [-0.25, -0.2) is 4.98 Å². The molecule has 2 aromatic heterocycles. The van der Waals surface area contributed by atoms with E-state index in [1.807, 2.05) is 37.3 Å². The van der Waals surface area contributed by atoms with E-state index in [-0.39, 0.29) is 11.7 Å². The van der Waals surface area contributed by atoms with Crippen LogP contribution in [0.4, 0.5) is 5.69 Å². The van der Waals surface area contributed by atoms with Gasteiger partial charge in [-0.3, -0.25) is 4.79 Å². The fraction of sp³-hybridized carbons (Fsp3) is 0.0526. The van der Waals surface area contributed by atoms with Gasteiger partial charge in [-0.05, 0) is 25.1 Å². The maximum atomic E-state index is 12.6. The molecule has 0 fully saturated rings. The van der Waals surface area contributed by atoms with Crippen LogP contribution in [0.25, 0.3) is 22.3 Å². The Bertz CT molecular complexity index is 1070. The number of hydrogen-bond acceptors (Lipinski definition) is 4.